The van der Waals surface area contributed by atoms with E-state index in [0.29, 0.717) is 18.2 Å². The van der Waals surface area contributed by atoms with Gasteiger partial charge in [0.25, 0.3) is 0 Å². The van der Waals surface area contributed by atoms with Crippen LogP contribution in [-0.2, 0) is 0 Å². The number of alkyl halides is 1. The minimum Gasteiger partial charge on any atom is -0.492 e. The lowest BCUT2D eigenvalue weighted by Crippen LogP contribution is -1.98. The topological polar surface area (TPSA) is 9.23 Å². The second-order valence-electron chi connectivity index (χ2n) is 2.47. The molecule has 0 fully saturated rings. The lowest BCUT2D eigenvalue weighted by molar-refractivity contribution is 0.314. The van der Waals surface area contributed by atoms with Crippen LogP contribution < -0.4 is 4.74 Å². The van der Waals surface area contributed by atoms with E-state index in [9.17, 15) is 4.39 Å². The van der Waals surface area contributed by atoms with Crippen molar-refractivity contribution in [3.63, 3.8) is 0 Å². The maximum atomic E-state index is 12.7. The van der Waals surface area contributed by atoms with Gasteiger partial charge in [0.15, 0.2) is 0 Å². The molecular formula is C9H9BrClFO. The van der Waals surface area contributed by atoms with Crippen LogP contribution in [0.5, 0.6) is 5.75 Å². The van der Waals surface area contributed by atoms with Gasteiger partial charge in [0.05, 0.1) is 11.1 Å². The molecule has 0 spiro atoms. The quantitative estimate of drug-likeness (QED) is 0.598. The van der Waals surface area contributed by atoms with Crippen LogP contribution in [-0.4, -0.2) is 12.5 Å². The Morgan fingerprint density at radius 1 is 1.46 bits per heavy atom. The van der Waals surface area contributed by atoms with Gasteiger partial charge in [0, 0.05) is 11.9 Å². The summed E-state index contributed by atoms with van der Waals surface area (Å²) in [5, 5.41) is 0. The zero-order valence-electron chi connectivity index (χ0n) is 6.90. The summed E-state index contributed by atoms with van der Waals surface area (Å²) in [7, 11) is 0. The van der Waals surface area contributed by atoms with Crippen molar-refractivity contribution >= 4 is 27.5 Å². The van der Waals surface area contributed by atoms with Gasteiger partial charge in [0.2, 0.25) is 0 Å². The molecule has 1 rings (SSSR count). The minimum absolute atomic E-state index is 0.302. The highest BCUT2D eigenvalue weighted by Gasteiger charge is 2.01. The molecule has 0 radical (unpaired) electrons. The molecule has 0 unspecified atom stereocenters. The summed E-state index contributed by atoms with van der Waals surface area (Å²) in [4.78, 5) is 0. The predicted molar refractivity (Wildman–Crippen MR) is 54.9 cm³/mol. The van der Waals surface area contributed by atoms with Gasteiger partial charge in [-0.15, -0.1) is 11.6 Å². The number of benzene rings is 1. The molecule has 4 heteroatoms. The summed E-state index contributed by atoms with van der Waals surface area (Å²) in [6.45, 7) is 0.506. The van der Waals surface area contributed by atoms with Crippen molar-refractivity contribution in [2.45, 2.75) is 6.42 Å². The molecule has 0 aliphatic heterocycles. The first kappa shape index (κ1) is 10.8. The molecule has 0 aromatic heterocycles. The first-order chi connectivity index (χ1) is 6.24. The molecule has 0 amide bonds. The number of ether oxygens (including phenoxy) is 1. The Labute approximate surface area is 90.0 Å². The summed E-state index contributed by atoms with van der Waals surface area (Å²) in [5.74, 6) is 0.765. The second-order valence-corrected chi connectivity index (χ2v) is 3.70. The Hall–Kier alpha value is -0.280. The minimum atomic E-state index is -0.302. The molecule has 0 atom stereocenters. The van der Waals surface area contributed by atoms with E-state index in [0.717, 1.165) is 10.9 Å². The highest BCUT2D eigenvalue weighted by Crippen LogP contribution is 2.25. The summed E-state index contributed by atoms with van der Waals surface area (Å²) in [6.07, 6.45) is 0.754. The average Bonchev–Trinajstić information content (AvgIpc) is 2.11. The molecule has 0 saturated carbocycles. The van der Waals surface area contributed by atoms with Gasteiger partial charge < -0.3 is 4.74 Å². The van der Waals surface area contributed by atoms with Crippen molar-refractivity contribution in [3.05, 3.63) is 28.5 Å². The second kappa shape index (κ2) is 5.45. The van der Waals surface area contributed by atoms with E-state index in [1.807, 2.05) is 0 Å². The van der Waals surface area contributed by atoms with E-state index >= 15 is 0 Å². The molecule has 1 nitrogen and oxygen atoms in total. The maximum absolute atomic E-state index is 12.7. The highest BCUT2D eigenvalue weighted by atomic mass is 79.9. The third-order valence-corrected chi connectivity index (χ3v) is 2.35. The fraction of sp³-hybridized carbons (Fsp3) is 0.333. The number of hydrogen-bond donors (Lipinski definition) is 0. The third kappa shape index (κ3) is 3.53. The molecular weight excluding hydrogens is 258 g/mol. The molecule has 1 aromatic carbocycles. The summed E-state index contributed by atoms with van der Waals surface area (Å²) in [5.41, 5.74) is 0. The Bertz CT molecular complexity index is 280. The molecule has 0 saturated heterocycles. The molecule has 0 N–H and O–H groups in total. The van der Waals surface area contributed by atoms with Gasteiger partial charge >= 0.3 is 0 Å². The molecule has 0 heterocycles. The standard InChI is InChI=1S/C9H9BrClFO/c10-8-3-2-7(12)6-9(8)13-5-1-4-11/h2-3,6H,1,4-5H2. The van der Waals surface area contributed by atoms with E-state index in [1.54, 1.807) is 6.07 Å². The largest absolute Gasteiger partial charge is 0.492 e. The van der Waals surface area contributed by atoms with E-state index in [4.69, 9.17) is 16.3 Å². The van der Waals surface area contributed by atoms with Gasteiger partial charge in [-0.1, -0.05) is 0 Å². The highest BCUT2D eigenvalue weighted by molar-refractivity contribution is 9.10. The lowest BCUT2D eigenvalue weighted by atomic mass is 10.3. The monoisotopic (exact) mass is 266 g/mol. The van der Waals surface area contributed by atoms with Gasteiger partial charge in [-0.2, -0.15) is 0 Å². The molecule has 1 aromatic rings. The van der Waals surface area contributed by atoms with Crippen LogP contribution in [0.3, 0.4) is 0 Å². The van der Waals surface area contributed by atoms with E-state index in [1.165, 1.54) is 12.1 Å². The SMILES string of the molecule is Fc1ccc(Br)c(OCCCCl)c1. The van der Waals surface area contributed by atoms with Crippen LogP contribution in [0.2, 0.25) is 0 Å². The van der Waals surface area contributed by atoms with Gasteiger partial charge in [0.1, 0.15) is 11.6 Å². The Morgan fingerprint density at radius 3 is 2.92 bits per heavy atom. The van der Waals surface area contributed by atoms with Crippen molar-refractivity contribution in [3.8, 4) is 5.75 Å². The normalized spacial score (nSPS) is 10.1. The van der Waals surface area contributed by atoms with Crippen molar-refractivity contribution < 1.29 is 9.13 Å². The molecule has 72 valence electrons. The van der Waals surface area contributed by atoms with E-state index < -0.39 is 0 Å². The van der Waals surface area contributed by atoms with E-state index in [2.05, 4.69) is 15.9 Å². The lowest BCUT2D eigenvalue weighted by Gasteiger charge is -2.06. The van der Waals surface area contributed by atoms with Crippen molar-refractivity contribution in [1.82, 2.24) is 0 Å². The van der Waals surface area contributed by atoms with Crippen LogP contribution in [0.25, 0.3) is 0 Å². The Morgan fingerprint density at radius 2 is 2.23 bits per heavy atom. The predicted octanol–water partition coefficient (Wildman–Crippen LogP) is 3.60. The number of rotatable bonds is 4. The maximum Gasteiger partial charge on any atom is 0.136 e. The first-order valence-electron chi connectivity index (χ1n) is 3.88. The van der Waals surface area contributed by atoms with Gasteiger partial charge in [-0.05, 0) is 34.5 Å². The Balaban J connectivity index is 2.59. The van der Waals surface area contributed by atoms with Crippen LogP contribution in [0, 0.1) is 5.82 Å². The van der Waals surface area contributed by atoms with Crippen molar-refractivity contribution in [1.29, 1.82) is 0 Å². The van der Waals surface area contributed by atoms with Crippen LogP contribution in [0.1, 0.15) is 6.42 Å². The molecule has 0 bridgehead atoms. The fourth-order valence-corrected chi connectivity index (χ4v) is 1.29. The van der Waals surface area contributed by atoms with E-state index in [-0.39, 0.29) is 5.82 Å². The summed E-state index contributed by atoms with van der Waals surface area (Å²) >= 11 is 8.73. The number of hydrogen-bond acceptors (Lipinski definition) is 1. The average molecular weight is 268 g/mol. The fourth-order valence-electron chi connectivity index (χ4n) is 0.824. The van der Waals surface area contributed by atoms with Crippen molar-refractivity contribution in [2.75, 3.05) is 12.5 Å². The molecule has 0 aliphatic rings. The van der Waals surface area contributed by atoms with Crippen LogP contribution in [0.15, 0.2) is 22.7 Å². The van der Waals surface area contributed by atoms with Gasteiger partial charge in [-0.25, -0.2) is 4.39 Å². The van der Waals surface area contributed by atoms with Crippen molar-refractivity contribution in [2.24, 2.45) is 0 Å². The Kier molecular flexibility index (Phi) is 4.53. The van der Waals surface area contributed by atoms with Crippen LogP contribution >= 0.6 is 27.5 Å². The van der Waals surface area contributed by atoms with Gasteiger partial charge in [-0.3, -0.25) is 0 Å². The third-order valence-electron chi connectivity index (χ3n) is 1.43. The summed E-state index contributed by atoms with van der Waals surface area (Å²) < 4.78 is 18.8. The summed E-state index contributed by atoms with van der Waals surface area (Å²) in [6, 6.07) is 4.34. The zero-order valence-corrected chi connectivity index (χ0v) is 9.24. The van der Waals surface area contributed by atoms with Crippen LogP contribution in [0.4, 0.5) is 4.39 Å². The first-order valence-corrected chi connectivity index (χ1v) is 5.20. The zero-order chi connectivity index (χ0) is 9.68. The molecule has 13 heavy (non-hydrogen) atoms. The molecule has 0 aliphatic carbocycles. The smallest absolute Gasteiger partial charge is 0.136 e. The number of halogens is 3.